The average molecular weight is 455 g/mol. The van der Waals surface area contributed by atoms with Crippen molar-refractivity contribution in [2.45, 2.75) is 97.2 Å². The van der Waals surface area contributed by atoms with Gasteiger partial charge in [0, 0.05) is 37.9 Å². The molecule has 33 heavy (non-hydrogen) atoms. The Kier molecular flexibility index (Phi) is 8.23. The minimum atomic E-state index is -0.0429. The molecule has 1 saturated heterocycles. The first-order chi connectivity index (χ1) is 16.1. The van der Waals surface area contributed by atoms with Crippen LogP contribution < -0.4 is 10.6 Å². The number of carbonyl (C=O) groups excluding carboxylic acids is 1. The van der Waals surface area contributed by atoms with Gasteiger partial charge < -0.3 is 15.5 Å². The van der Waals surface area contributed by atoms with Crippen molar-refractivity contribution in [2.24, 2.45) is 5.92 Å². The molecule has 1 aliphatic carbocycles. The van der Waals surface area contributed by atoms with Crippen LogP contribution in [0.5, 0.6) is 0 Å². The molecule has 0 radical (unpaired) electrons. The zero-order valence-corrected chi connectivity index (χ0v) is 20.8. The number of nitrogens with one attached hydrogen (secondary N) is 2. The molecule has 1 amide bonds. The van der Waals surface area contributed by atoms with Crippen LogP contribution in [0.25, 0.3) is 11.0 Å². The molecule has 2 aromatic heterocycles. The number of amides is 1. The molecule has 2 aliphatic rings. The lowest BCUT2D eigenvalue weighted by molar-refractivity contribution is 0.0949. The normalized spacial score (nSPS) is 21.2. The number of anilines is 1. The maximum atomic E-state index is 13.2. The Balaban J connectivity index is 1.45. The van der Waals surface area contributed by atoms with Crippen LogP contribution in [-0.2, 0) is 6.54 Å². The Morgan fingerprint density at radius 1 is 1.15 bits per heavy atom. The highest BCUT2D eigenvalue weighted by Gasteiger charge is 2.24. The van der Waals surface area contributed by atoms with Gasteiger partial charge in [0.2, 0.25) is 0 Å². The van der Waals surface area contributed by atoms with Crippen molar-refractivity contribution < 1.29 is 4.79 Å². The molecular weight excluding hydrogens is 412 g/mol. The highest BCUT2D eigenvalue weighted by molar-refractivity contribution is 6.06. The monoisotopic (exact) mass is 454 g/mol. The highest BCUT2D eigenvalue weighted by Crippen LogP contribution is 2.32. The molecule has 3 heterocycles. The maximum Gasteiger partial charge on any atom is 0.254 e. The number of hydrogen-bond acceptors (Lipinski definition) is 5. The first-order valence-corrected chi connectivity index (χ1v) is 13.2. The quantitative estimate of drug-likeness (QED) is 0.531. The molecule has 7 heteroatoms. The maximum absolute atomic E-state index is 13.2. The van der Waals surface area contributed by atoms with Crippen LogP contribution >= 0.6 is 0 Å². The first-order valence-electron chi connectivity index (χ1n) is 13.2. The number of carbonyl (C=O) groups is 1. The zero-order valence-electron chi connectivity index (χ0n) is 20.8. The minimum Gasteiger partial charge on any atom is -0.381 e. The van der Waals surface area contributed by atoms with Crippen LogP contribution in [0.1, 0.15) is 88.9 Å². The lowest BCUT2D eigenvalue weighted by Gasteiger charge is -2.33. The molecule has 2 unspecified atom stereocenters. The van der Waals surface area contributed by atoms with E-state index in [1.165, 1.54) is 57.9 Å². The van der Waals surface area contributed by atoms with Gasteiger partial charge in [-0.1, -0.05) is 25.7 Å². The summed E-state index contributed by atoms with van der Waals surface area (Å²) >= 11 is 0. The Bertz CT molecular complexity index is 919. The van der Waals surface area contributed by atoms with E-state index in [0.717, 1.165) is 36.2 Å². The summed E-state index contributed by atoms with van der Waals surface area (Å²) in [5.74, 6) is 0.601. The summed E-state index contributed by atoms with van der Waals surface area (Å²) in [7, 11) is 0. The second-order valence-electron chi connectivity index (χ2n) is 10.1. The van der Waals surface area contributed by atoms with E-state index in [1.54, 1.807) is 6.20 Å². The molecule has 7 nitrogen and oxygen atoms in total. The fourth-order valence-electron chi connectivity index (χ4n) is 5.63. The highest BCUT2D eigenvalue weighted by atomic mass is 16.1. The van der Waals surface area contributed by atoms with Gasteiger partial charge in [-0.3, -0.25) is 4.79 Å². The van der Waals surface area contributed by atoms with Crippen molar-refractivity contribution in [3.8, 4) is 0 Å². The van der Waals surface area contributed by atoms with Gasteiger partial charge in [0.25, 0.3) is 5.91 Å². The number of fused-ring (bicyclic) bond motifs is 1. The van der Waals surface area contributed by atoms with Gasteiger partial charge in [-0.15, -0.1) is 0 Å². The van der Waals surface area contributed by atoms with Gasteiger partial charge in [-0.05, 0) is 65.3 Å². The molecule has 2 aromatic rings. The third-order valence-corrected chi connectivity index (χ3v) is 7.79. The number of rotatable bonds is 9. The largest absolute Gasteiger partial charge is 0.381 e. The van der Waals surface area contributed by atoms with Crippen LogP contribution in [0.2, 0.25) is 0 Å². The van der Waals surface area contributed by atoms with Crippen molar-refractivity contribution in [1.82, 2.24) is 25.0 Å². The van der Waals surface area contributed by atoms with Gasteiger partial charge in [0.05, 0.1) is 22.8 Å². The molecule has 2 atom stereocenters. The predicted molar refractivity (Wildman–Crippen MR) is 135 cm³/mol. The van der Waals surface area contributed by atoms with E-state index in [0.29, 0.717) is 30.1 Å². The van der Waals surface area contributed by atoms with Gasteiger partial charge >= 0.3 is 0 Å². The Labute approximate surface area is 198 Å². The molecule has 4 rings (SSSR count). The number of aromatic nitrogens is 3. The van der Waals surface area contributed by atoms with Gasteiger partial charge in [-0.2, -0.15) is 5.10 Å². The van der Waals surface area contributed by atoms with Gasteiger partial charge in [0.1, 0.15) is 0 Å². The molecule has 1 aliphatic heterocycles. The first kappa shape index (κ1) is 24.0. The fourth-order valence-corrected chi connectivity index (χ4v) is 5.63. The van der Waals surface area contributed by atoms with E-state index >= 15 is 0 Å². The van der Waals surface area contributed by atoms with E-state index in [9.17, 15) is 4.79 Å². The van der Waals surface area contributed by atoms with Crippen molar-refractivity contribution in [3.63, 3.8) is 0 Å². The summed E-state index contributed by atoms with van der Waals surface area (Å²) in [4.78, 5) is 20.4. The summed E-state index contributed by atoms with van der Waals surface area (Å²) in [6, 6.07) is 0.973. The smallest absolute Gasteiger partial charge is 0.254 e. The summed E-state index contributed by atoms with van der Waals surface area (Å²) in [6.07, 6.45) is 15.0. The third kappa shape index (κ3) is 5.68. The van der Waals surface area contributed by atoms with E-state index in [-0.39, 0.29) is 5.91 Å². The number of piperidine rings is 1. The van der Waals surface area contributed by atoms with Crippen molar-refractivity contribution >= 4 is 22.6 Å². The molecule has 0 aromatic carbocycles. The van der Waals surface area contributed by atoms with Crippen molar-refractivity contribution in [1.29, 1.82) is 0 Å². The Morgan fingerprint density at radius 2 is 1.94 bits per heavy atom. The molecule has 2 N–H and O–H groups in total. The van der Waals surface area contributed by atoms with Crippen LogP contribution in [-0.4, -0.2) is 57.3 Å². The van der Waals surface area contributed by atoms with Gasteiger partial charge in [-0.25, -0.2) is 9.67 Å². The standard InChI is InChI=1S/C26H42N6O/c1-4-32-25-22(18-29-32)24(30-20(3)21-12-6-5-7-13-21)23(17-28-25)26(33)27-14-10-16-31-15-9-8-11-19(31)2/h17-21H,4-16H2,1-3H3,(H,27,33)(H,28,30). The second kappa shape index (κ2) is 11.3. The lowest BCUT2D eigenvalue weighted by atomic mass is 9.84. The fraction of sp³-hybridized carbons (Fsp3) is 0.731. The molecule has 2 fully saturated rings. The molecular formula is C26H42N6O. The third-order valence-electron chi connectivity index (χ3n) is 7.79. The predicted octanol–water partition coefficient (Wildman–Crippen LogP) is 4.83. The second-order valence-corrected chi connectivity index (χ2v) is 10.1. The van der Waals surface area contributed by atoms with Crippen LogP contribution in [0.4, 0.5) is 5.69 Å². The number of nitrogens with zero attached hydrogens (tertiary/aromatic N) is 4. The number of pyridine rings is 1. The summed E-state index contributed by atoms with van der Waals surface area (Å²) in [5, 5.41) is 12.3. The van der Waals surface area contributed by atoms with Crippen molar-refractivity contribution in [3.05, 3.63) is 18.0 Å². The van der Waals surface area contributed by atoms with E-state index in [4.69, 9.17) is 0 Å². The van der Waals surface area contributed by atoms with Crippen LogP contribution in [0, 0.1) is 5.92 Å². The van der Waals surface area contributed by atoms with Crippen LogP contribution in [0.3, 0.4) is 0 Å². The summed E-state index contributed by atoms with van der Waals surface area (Å²) in [6.45, 7) is 10.3. The van der Waals surface area contributed by atoms with Gasteiger partial charge in [0.15, 0.2) is 5.65 Å². The Morgan fingerprint density at radius 3 is 2.70 bits per heavy atom. The SMILES string of the molecule is CCn1ncc2c(NC(C)C3CCCCC3)c(C(=O)NCCCN3CCCCC3C)cnc21. The Hall–Kier alpha value is -2.15. The van der Waals surface area contributed by atoms with E-state index < -0.39 is 0 Å². The topological polar surface area (TPSA) is 75.1 Å². The van der Waals surface area contributed by atoms with E-state index in [1.807, 2.05) is 10.9 Å². The number of aryl methyl sites for hydroxylation is 1. The lowest BCUT2D eigenvalue weighted by Crippen LogP contribution is -2.39. The molecule has 0 spiro atoms. The average Bonchev–Trinajstić information content (AvgIpc) is 3.27. The number of likely N-dealkylation sites (tertiary alicyclic amines) is 1. The van der Waals surface area contributed by atoms with Crippen molar-refractivity contribution in [2.75, 3.05) is 25.0 Å². The van der Waals surface area contributed by atoms with E-state index in [2.05, 4.69) is 46.4 Å². The summed E-state index contributed by atoms with van der Waals surface area (Å²) < 4.78 is 1.90. The molecule has 182 valence electrons. The molecule has 1 saturated carbocycles. The zero-order chi connectivity index (χ0) is 23.2. The molecule has 0 bridgehead atoms. The number of hydrogen-bond donors (Lipinski definition) is 2. The summed E-state index contributed by atoms with van der Waals surface area (Å²) in [5.41, 5.74) is 2.36. The van der Waals surface area contributed by atoms with Crippen LogP contribution in [0.15, 0.2) is 12.4 Å². The minimum absolute atomic E-state index is 0.0429.